The predicted molar refractivity (Wildman–Crippen MR) is 102 cm³/mol. The van der Waals surface area contributed by atoms with Gasteiger partial charge in [-0.15, -0.1) is 5.10 Å². The monoisotopic (exact) mass is 365 g/mol. The van der Waals surface area contributed by atoms with Crippen molar-refractivity contribution >= 4 is 23.4 Å². The molecule has 2 aromatic carbocycles. The molecule has 0 spiro atoms. The zero-order valence-corrected chi connectivity index (χ0v) is 15.2. The van der Waals surface area contributed by atoms with Crippen LogP contribution in [0.25, 0.3) is 5.69 Å². The van der Waals surface area contributed by atoms with Gasteiger partial charge in [0, 0.05) is 18.4 Å². The second kappa shape index (κ2) is 7.29. The number of hydrogen-bond acceptors (Lipinski definition) is 5. The van der Waals surface area contributed by atoms with Crippen LogP contribution >= 0.6 is 11.8 Å². The first-order valence-corrected chi connectivity index (χ1v) is 9.56. The molecule has 1 amide bonds. The molecule has 1 heterocycles. The van der Waals surface area contributed by atoms with Gasteiger partial charge in [0.1, 0.15) is 0 Å². The first kappa shape index (κ1) is 16.8. The Balaban J connectivity index is 1.50. The lowest BCUT2D eigenvalue weighted by molar-refractivity contribution is -0.114. The van der Waals surface area contributed by atoms with Gasteiger partial charge in [0.2, 0.25) is 11.1 Å². The van der Waals surface area contributed by atoms with E-state index in [9.17, 15) is 4.79 Å². The Labute approximate surface area is 156 Å². The molecule has 7 heteroatoms. The van der Waals surface area contributed by atoms with Gasteiger partial charge in [0.15, 0.2) is 0 Å². The molecule has 0 saturated carbocycles. The van der Waals surface area contributed by atoms with Gasteiger partial charge in [0.05, 0.1) is 5.69 Å². The van der Waals surface area contributed by atoms with Crippen molar-refractivity contribution in [2.24, 2.45) is 0 Å². The zero-order chi connectivity index (χ0) is 17.9. The fraction of sp³-hybridized carbons (Fsp3) is 0.263. The third-order valence-electron chi connectivity index (χ3n) is 4.52. The van der Waals surface area contributed by atoms with Crippen molar-refractivity contribution in [3.63, 3.8) is 0 Å². The minimum Gasteiger partial charge on any atom is -0.326 e. The fourth-order valence-electron chi connectivity index (χ4n) is 3.34. The number of hydrogen-bond donors (Lipinski definition) is 1. The number of thioether (sulfide) groups is 1. The molecule has 1 aromatic heterocycles. The van der Waals surface area contributed by atoms with E-state index in [0.717, 1.165) is 28.7 Å². The van der Waals surface area contributed by atoms with Crippen LogP contribution in [0, 0.1) is 0 Å². The highest BCUT2D eigenvalue weighted by molar-refractivity contribution is 7.99. The lowest BCUT2D eigenvalue weighted by Gasteiger charge is -2.11. The summed E-state index contributed by atoms with van der Waals surface area (Å²) in [7, 11) is 0. The standard InChI is InChI=1S/C19H19N5OS/c1-13(25)20-16-6-4-7-17(11-16)24-19(21-22-23-24)26-12-15-10-9-14-5-2-3-8-18(14)15/h2-8,11,15H,9-10,12H2,1H3,(H,20,25). The van der Waals surface area contributed by atoms with E-state index < -0.39 is 0 Å². The molecule has 1 unspecified atom stereocenters. The molecule has 1 aliphatic carbocycles. The molecule has 6 nitrogen and oxygen atoms in total. The van der Waals surface area contributed by atoms with Crippen molar-refractivity contribution in [1.29, 1.82) is 0 Å². The molecule has 26 heavy (non-hydrogen) atoms. The second-order valence-electron chi connectivity index (χ2n) is 6.35. The van der Waals surface area contributed by atoms with Crippen LogP contribution in [-0.2, 0) is 11.2 Å². The maximum Gasteiger partial charge on any atom is 0.221 e. The van der Waals surface area contributed by atoms with E-state index in [1.54, 1.807) is 16.4 Å². The SMILES string of the molecule is CC(=O)Nc1cccc(-n2nnnc2SCC2CCc3ccccc32)c1. The Morgan fingerprint density at radius 1 is 1.27 bits per heavy atom. The van der Waals surface area contributed by atoms with Crippen LogP contribution in [0.2, 0.25) is 0 Å². The van der Waals surface area contributed by atoms with Gasteiger partial charge in [-0.3, -0.25) is 4.79 Å². The number of tetrazole rings is 1. The first-order chi connectivity index (χ1) is 12.7. The van der Waals surface area contributed by atoms with Gasteiger partial charge in [-0.1, -0.05) is 42.1 Å². The molecule has 0 fully saturated rings. The van der Waals surface area contributed by atoms with Crippen LogP contribution in [0.15, 0.2) is 53.7 Å². The number of amides is 1. The molecule has 1 N–H and O–H groups in total. The number of carbonyl (C=O) groups is 1. The van der Waals surface area contributed by atoms with E-state index in [4.69, 9.17) is 0 Å². The summed E-state index contributed by atoms with van der Waals surface area (Å²) in [5.41, 5.74) is 4.47. The van der Waals surface area contributed by atoms with Gasteiger partial charge in [0.25, 0.3) is 0 Å². The van der Waals surface area contributed by atoms with Gasteiger partial charge in [-0.2, -0.15) is 4.68 Å². The molecule has 0 radical (unpaired) electrons. The van der Waals surface area contributed by atoms with Crippen molar-refractivity contribution in [2.75, 3.05) is 11.1 Å². The maximum atomic E-state index is 11.3. The minimum atomic E-state index is -0.103. The van der Waals surface area contributed by atoms with Crippen LogP contribution < -0.4 is 5.32 Å². The highest BCUT2D eigenvalue weighted by Gasteiger charge is 2.23. The smallest absolute Gasteiger partial charge is 0.221 e. The lowest BCUT2D eigenvalue weighted by Crippen LogP contribution is -2.07. The number of carbonyl (C=O) groups excluding carboxylic acids is 1. The summed E-state index contributed by atoms with van der Waals surface area (Å²) in [4.78, 5) is 11.3. The lowest BCUT2D eigenvalue weighted by atomic mass is 10.0. The Morgan fingerprint density at radius 3 is 3.04 bits per heavy atom. The number of anilines is 1. The van der Waals surface area contributed by atoms with Gasteiger partial charge in [-0.25, -0.2) is 0 Å². The normalized spacial score (nSPS) is 15.7. The van der Waals surface area contributed by atoms with Crippen LogP contribution in [0.1, 0.15) is 30.4 Å². The average molecular weight is 365 g/mol. The fourth-order valence-corrected chi connectivity index (χ4v) is 4.40. The molecular weight excluding hydrogens is 346 g/mol. The second-order valence-corrected chi connectivity index (χ2v) is 7.34. The Morgan fingerprint density at radius 2 is 2.15 bits per heavy atom. The number of nitrogens with one attached hydrogen (secondary N) is 1. The van der Waals surface area contributed by atoms with E-state index >= 15 is 0 Å². The average Bonchev–Trinajstić information content (AvgIpc) is 3.26. The molecule has 4 rings (SSSR count). The number of benzene rings is 2. The van der Waals surface area contributed by atoms with Crippen molar-refractivity contribution in [3.8, 4) is 5.69 Å². The highest BCUT2D eigenvalue weighted by atomic mass is 32.2. The largest absolute Gasteiger partial charge is 0.326 e. The Hall–Kier alpha value is -2.67. The maximum absolute atomic E-state index is 11.3. The summed E-state index contributed by atoms with van der Waals surface area (Å²) in [5, 5.41) is 15.7. The third kappa shape index (κ3) is 3.48. The Kier molecular flexibility index (Phi) is 4.71. The molecule has 3 aromatic rings. The van der Waals surface area contributed by atoms with Crippen molar-refractivity contribution < 1.29 is 4.79 Å². The molecule has 0 aliphatic heterocycles. The third-order valence-corrected chi connectivity index (χ3v) is 5.60. The Bertz CT molecular complexity index is 939. The van der Waals surface area contributed by atoms with Gasteiger partial charge in [-0.05, 0) is 58.5 Å². The number of rotatable bonds is 5. The quantitative estimate of drug-likeness (QED) is 0.701. The topological polar surface area (TPSA) is 72.7 Å². The number of fused-ring (bicyclic) bond motifs is 1. The predicted octanol–water partition coefficient (Wildman–Crippen LogP) is 3.44. The van der Waals surface area contributed by atoms with E-state index in [1.807, 2.05) is 24.3 Å². The molecule has 0 saturated heterocycles. The summed E-state index contributed by atoms with van der Waals surface area (Å²) in [6.45, 7) is 1.49. The van der Waals surface area contributed by atoms with Crippen LogP contribution in [-0.4, -0.2) is 31.9 Å². The molecule has 0 bridgehead atoms. The van der Waals surface area contributed by atoms with Crippen molar-refractivity contribution in [2.45, 2.75) is 30.8 Å². The van der Waals surface area contributed by atoms with Gasteiger partial charge >= 0.3 is 0 Å². The van der Waals surface area contributed by atoms with Crippen molar-refractivity contribution in [3.05, 3.63) is 59.7 Å². The van der Waals surface area contributed by atoms with E-state index in [-0.39, 0.29) is 5.91 Å². The highest BCUT2D eigenvalue weighted by Crippen LogP contribution is 2.36. The van der Waals surface area contributed by atoms with Crippen molar-refractivity contribution in [1.82, 2.24) is 20.2 Å². The molecular formula is C19H19N5OS. The molecule has 1 atom stereocenters. The summed E-state index contributed by atoms with van der Waals surface area (Å²) in [6.07, 6.45) is 2.32. The van der Waals surface area contributed by atoms with Crippen LogP contribution in [0.4, 0.5) is 5.69 Å². The summed E-state index contributed by atoms with van der Waals surface area (Å²) in [5.74, 6) is 1.38. The van der Waals surface area contributed by atoms with E-state index in [2.05, 4.69) is 45.1 Å². The molecule has 1 aliphatic rings. The number of aryl methyl sites for hydroxylation is 1. The van der Waals surface area contributed by atoms with E-state index in [1.165, 1.54) is 24.5 Å². The summed E-state index contributed by atoms with van der Waals surface area (Å²) in [6, 6.07) is 16.2. The minimum absolute atomic E-state index is 0.103. The van der Waals surface area contributed by atoms with Gasteiger partial charge < -0.3 is 5.32 Å². The van der Waals surface area contributed by atoms with Crippen LogP contribution in [0.3, 0.4) is 0 Å². The van der Waals surface area contributed by atoms with E-state index in [0.29, 0.717) is 5.92 Å². The first-order valence-electron chi connectivity index (χ1n) is 8.58. The molecule has 132 valence electrons. The summed E-state index contributed by atoms with van der Waals surface area (Å²) >= 11 is 1.67. The summed E-state index contributed by atoms with van der Waals surface area (Å²) < 4.78 is 1.72. The number of aromatic nitrogens is 4. The zero-order valence-electron chi connectivity index (χ0n) is 14.4. The number of nitrogens with zero attached hydrogens (tertiary/aromatic N) is 4. The van der Waals surface area contributed by atoms with Crippen LogP contribution in [0.5, 0.6) is 0 Å².